The highest BCUT2D eigenvalue weighted by Gasteiger charge is 2.27. The second-order valence-electron chi connectivity index (χ2n) is 4.11. The van der Waals surface area contributed by atoms with Gasteiger partial charge in [0.15, 0.2) is 0 Å². The van der Waals surface area contributed by atoms with E-state index < -0.39 is 18.9 Å². The second-order valence-corrected chi connectivity index (χ2v) is 5.28. The van der Waals surface area contributed by atoms with Crippen LogP contribution in [0, 0.1) is 0 Å². The summed E-state index contributed by atoms with van der Waals surface area (Å²) in [5.74, 6) is 0.700. The zero-order valence-electron chi connectivity index (χ0n) is 10.6. The molecule has 0 saturated heterocycles. The third-order valence-electron chi connectivity index (χ3n) is 2.33. The Balaban J connectivity index is 2.16. The molecule has 108 valence electrons. The van der Waals surface area contributed by atoms with Crippen LogP contribution >= 0.6 is 11.8 Å². The number of alkyl halides is 3. The van der Waals surface area contributed by atoms with Crippen LogP contribution in [-0.4, -0.2) is 30.2 Å². The van der Waals surface area contributed by atoms with Crippen molar-refractivity contribution in [3.05, 3.63) is 29.8 Å². The highest BCUT2D eigenvalue weighted by Crippen LogP contribution is 2.21. The molecule has 0 heterocycles. The summed E-state index contributed by atoms with van der Waals surface area (Å²) >= 11 is 1.56. The van der Waals surface area contributed by atoms with E-state index in [1.165, 1.54) is 0 Å². The largest absolute Gasteiger partial charge is 0.411 e. The van der Waals surface area contributed by atoms with Gasteiger partial charge in [-0.2, -0.15) is 13.2 Å². The van der Waals surface area contributed by atoms with Gasteiger partial charge < -0.3 is 9.84 Å². The van der Waals surface area contributed by atoms with Crippen LogP contribution in [0.3, 0.4) is 0 Å². The quantitative estimate of drug-likeness (QED) is 0.612. The molecule has 0 saturated carbocycles. The first kappa shape index (κ1) is 16.3. The van der Waals surface area contributed by atoms with Crippen molar-refractivity contribution in [3.63, 3.8) is 0 Å². The first-order chi connectivity index (χ1) is 8.88. The molecular weight excluding hydrogens is 277 g/mol. The predicted molar refractivity (Wildman–Crippen MR) is 69.3 cm³/mol. The van der Waals surface area contributed by atoms with E-state index in [1.54, 1.807) is 18.7 Å². The van der Waals surface area contributed by atoms with E-state index >= 15 is 0 Å². The molecule has 0 aliphatic heterocycles. The minimum atomic E-state index is -4.25. The van der Waals surface area contributed by atoms with Crippen molar-refractivity contribution in [2.45, 2.75) is 30.5 Å². The average Bonchev–Trinajstić information content (AvgIpc) is 2.33. The third kappa shape index (κ3) is 7.44. The van der Waals surface area contributed by atoms with Crippen molar-refractivity contribution < 1.29 is 23.0 Å². The van der Waals surface area contributed by atoms with Crippen LogP contribution in [0.25, 0.3) is 0 Å². The van der Waals surface area contributed by atoms with Gasteiger partial charge in [0.25, 0.3) is 0 Å². The number of benzene rings is 1. The van der Waals surface area contributed by atoms with Gasteiger partial charge in [-0.3, -0.25) is 0 Å². The van der Waals surface area contributed by atoms with Crippen LogP contribution in [-0.2, 0) is 4.74 Å². The van der Waals surface area contributed by atoms with E-state index in [0.717, 1.165) is 10.5 Å². The fourth-order valence-corrected chi connectivity index (χ4v) is 2.21. The van der Waals surface area contributed by atoms with Gasteiger partial charge in [0.1, 0.15) is 6.61 Å². The van der Waals surface area contributed by atoms with Crippen LogP contribution in [0.4, 0.5) is 13.2 Å². The summed E-state index contributed by atoms with van der Waals surface area (Å²) in [5.41, 5.74) is 0.845. The molecule has 0 amide bonds. The summed E-state index contributed by atoms with van der Waals surface area (Å²) in [7, 11) is 0. The Morgan fingerprint density at radius 1 is 1.26 bits per heavy atom. The van der Waals surface area contributed by atoms with Gasteiger partial charge in [0.05, 0.1) is 6.10 Å². The molecule has 0 fully saturated rings. The number of aliphatic hydroxyl groups is 1. The third-order valence-corrected chi connectivity index (χ3v) is 3.43. The monoisotopic (exact) mass is 294 g/mol. The molecule has 0 aliphatic rings. The van der Waals surface area contributed by atoms with Crippen molar-refractivity contribution in [1.29, 1.82) is 0 Å². The lowest BCUT2D eigenvalue weighted by molar-refractivity contribution is -0.173. The van der Waals surface area contributed by atoms with E-state index in [4.69, 9.17) is 0 Å². The molecule has 0 radical (unpaired) electrons. The fourth-order valence-electron chi connectivity index (χ4n) is 1.38. The molecular formula is C13H17F3O2S. The van der Waals surface area contributed by atoms with Gasteiger partial charge in [0.2, 0.25) is 0 Å². The molecule has 2 nitrogen and oxygen atoms in total. The highest BCUT2D eigenvalue weighted by molar-refractivity contribution is 7.99. The SMILES string of the molecule is CC(O)c1ccc(SCCCOCC(F)(F)F)cc1. The maximum Gasteiger partial charge on any atom is 0.411 e. The van der Waals surface area contributed by atoms with E-state index in [2.05, 4.69) is 4.74 Å². The van der Waals surface area contributed by atoms with Crippen molar-refractivity contribution in [2.75, 3.05) is 19.0 Å². The van der Waals surface area contributed by atoms with Crippen LogP contribution in [0.15, 0.2) is 29.2 Å². The minimum absolute atomic E-state index is 0.109. The Hall–Kier alpha value is -0.720. The van der Waals surface area contributed by atoms with Crippen molar-refractivity contribution in [3.8, 4) is 0 Å². The molecule has 1 rings (SSSR count). The number of aliphatic hydroxyl groups excluding tert-OH is 1. The van der Waals surface area contributed by atoms with Crippen LogP contribution in [0.5, 0.6) is 0 Å². The maximum atomic E-state index is 11.8. The highest BCUT2D eigenvalue weighted by atomic mass is 32.2. The van der Waals surface area contributed by atoms with E-state index in [0.29, 0.717) is 12.2 Å². The number of thioether (sulfide) groups is 1. The maximum absolute atomic E-state index is 11.8. The zero-order chi connectivity index (χ0) is 14.3. The Morgan fingerprint density at radius 3 is 2.42 bits per heavy atom. The molecule has 0 aliphatic carbocycles. The van der Waals surface area contributed by atoms with E-state index in [1.807, 2.05) is 24.3 Å². The summed E-state index contributed by atoms with van der Waals surface area (Å²) in [6, 6.07) is 7.47. The van der Waals surface area contributed by atoms with Crippen molar-refractivity contribution in [2.24, 2.45) is 0 Å². The topological polar surface area (TPSA) is 29.5 Å². The Kier molecular flexibility index (Phi) is 6.68. The second kappa shape index (κ2) is 7.77. The molecule has 6 heteroatoms. The number of ether oxygens (including phenoxy) is 1. The Bertz CT molecular complexity index is 363. The molecule has 1 aromatic carbocycles. The minimum Gasteiger partial charge on any atom is -0.389 e. The summed E-state index contributed by atoms with van der Waals surface area (Å²) < 4.78 is 39.9. The van der Waals surface area contributed by atoms with Gasteiger partial charge in [-0.05, 0) is 31.0 Å². The van der Waals surface area contributed by atoms with Gasteiger partial charge in [0, 0.05) is 17.3 Å². The molecule has 0 bridgehead atoms. The van der Waals surface area contributed by atoms with Gasteiger partial charge >= 0.3 is 6.18 Å². The van der Waals surface area contributed by atoms with Crippen LogP contribution in [0.1, 0.15) is 25.0 Å². The Labute approximate surface area is 115 Å². The molecule has 0 spiro atoms. The van der Waals surface area contributed by atoms with Gasteiger partial charge in [-0.25, -0.2) is 0 Å². The average molecular weight is 294 g/mol. The normalized spacial score (nSPS) is 13.5. The predicted octanol–water partition coefficient (Wildman–Crippen LogP) is 3.80. The smallest absolute Gasteiger partial charge is 0.389 e. The molecule has 1 aromatic rings. The van der Waals surface area contributed by atoms with Crippen LogP contribution < -0.4 is 0 Å². The summed E-state index contributed by atoms with van der Waals surface area (Å²) in [6.45, 7) is 0.624. The lowest BCUT2D eigenvalue weighted by Crippen LogP contribution is -2.17. The zero-order valence-corrected chi connectivity index (χ0v) is 11.4. The summed E-state index contributed by atoms with van der Waals surface area (Å²) in [5, 5.41) is 9.34. The first-order valence-electron chi connectivity index (χ1n) is 5.94. The standard InChI is InChI=1S/C13H17F3O2S/c1-10(17)11-3-5-12(6-4-11)19-8-2-7-18-9-13(14,15)16/h3-6,10,17H,2,7-9H2,1H3. The summed E-state index contributed by atoms with van der Waals surface area (Å²) in [6.07, 6.45) is -4.17. The van der Waals surface area contributed by atoms with Gasteiger partial charge in [-0.15, -0.1) is 11.8 Å². The van der Waals surface area contributed by atoms with E-state index in [-0.39, 0.29) is 6.61 Å². The number of hydrogen-bond donors (Lipinski definition) is 1. The number of hydrogen-bond acceptors (Lipinski definition) is 3. The fraction of sp³-hybridized carbons (Fsp3) is 0.538. The lowest BCUT2D eigenvalue weighted by Gasteiger charge is -2.08. The lowest BCUT2D eigenvalue weighted by atomic mass is 10.1. The van der Waals surface area contributed by atoms with Crippen molar-refractivity contribution in [1.82, 2.24) is 0 Å². The first-order valence-corrected chi connectivity index (χ1v) is 6.92. The molecule has 0 aromatic heterocycles. The van der Waals surface area contributed by atoms with E-state index in [9.17, 15) is 18.3 Å². The van der Waals surface area contributed by atoms with Crippen molar-refractivity contribution >= 4 is 11.8 Å². The van der Waals surface area contributed by atoms with Gasteiger partial charge in [-0.1, -0.05) is 12.1 Å². The van der Waals surface area contributed by atoms with Crippen LogP contribution in [0.2, 0.25) is 0 Å². The molecule has 1 unspecified atom stereocenters. The number of rotatable bonds is 7. The number of halogens is 3. The Morgan fingerprint density at radius 2 is 1.89 bits per heavy atom. The molecule has 19 heavy (non-hydrogen) atoms. The molecule has 1 N–H and O–H groups in total. The molecule has 1 atom stereocenters. The summed E-state index contributed by atoms with van der Waals surface area (Å²) in [4.78, 5) is 1.03.